The van der Waals surface area contributed by atoms with Crippen LogP contribution in [0, 0.1) is 10.1 Å². The summed E-state index contributed by atoms with van der Waals surface area (Å²) < 4.78 is 1.32. The zero-order chi connectivity index (χ0) is 15.2. The molecule has 2 aromatic rings. The molecule has 7 heteroatoms. The number of aromatic hydroxyl groups is 1. The number of nitrogens with zero attached hydrogens (tertiary/aromatic N) is 3. The summed E-state index contributed by atoms with van der Waals surface area (Å²) in [7, 11) is 0. The molecule has 7 nitrogen and oxygen atoms in total. The van der Waals surface area contributed by atoms with E-state index >= 15 is 0 Å². The zero-order valence-electron chi connectivity index (χ0n) is 10.8. The third-order valence-corrected chi connectivity index (χ3v) is 2.59. The van der Waals surface area contributed by atoms with Gasteiger partial charge in [-0.2, -0.15) is 0 Å². The summed E-state index contributed by atoms with van der Waals surface area (Å²) >= 11 is 0. The fourth-order valence-corrected chi connectivity index (χ4v) is 1.57. The third-order valence-electron chi connectivity index (χ3n) is 2.59. The molecule has 0 aliphatic carbocycles. The second-order valence-electron chi connectivity index (χ2n) is 4.03. The summed E-state index contributed by atoms with van der Waals surface area (Å²) in [4.78, 5) is 25.4. The number of phenols is 1. The Balaban J connectivity index is 2.06. The second kappa shape index (κ2) is 6.29. The van der Waals surface area contributed by atoms with Crippen LogP contribution in [0.25, 0.3) is 6.08 Å². The van der Waals surface area contributed by atoms with E-state index in [1.54, 1.807) is 12.2 Å². The lowest BCUT2D eigenvalue weighted by Gasteiger charge is -1.97. The standard InChI is InChI=1S/C14H11N3O4/c18-13-6-5-11(9-12(13)17(20)21)3-1-2-4-14(19)16-8-7-15-10-16/h1-10,18H/b3-1+,4-2+. The highest BCUT2D eigenvalue weighted by atomic mass is 16.6. The third kappa shape index (κ3) is 3.63. The van der Waals surface area contributed by atoms with Gasteiger partial charge in [-0.3, -0.25) is 19.5 Å². The predicted molar refractivity (Wildman–Crippen MR) is 75.8 cm³/mol. The number of allylic oxidation sites excluding steroid dienone is 3. The Morgan fingerprint density at radius 3 is 2.86 bits per heavy atom. The normalized spacial score (nSPS) is 11.2. The minimum Gasteiger partial charge on any atom is -0.502 e. The Morgan fingerprint density at radius 1 is 1.38 bits per heavy atom. The molecule has 1 N–H and O–H groups in total. The first-order chi connectivity index (χ1) is 10.1. The van der Waals surface area contributed by atoms with Crippen molar-refractivity contribution in [3.63, 3.8) is 0 Å². The average Bonchev–Trinajstić information content (AvgIpc) is 2.99. The van der Waals surface area contributed by atoms with E-state index in [9.17, 15) is 20.0 Å². The molecule has 0 radical (unpaired) electrons. The van der Waals surface area contributed by atoms with Gasteiger partial charge in [-0.05, 0) is 11.6 Å². The van der Waals surface area contributed by atoms with Gasteiger partial charge in [0.1, 0.15) is 6.33 Å². The number of carbonyl (C=O) groups excluding carboxylic acids is 1. The summed E-state index contributed by atoms with van der Waals surface area (Å²) in [5.74, 6) is -0.642. The molecule has 0 unspecified atom stereocenters. The van der Waals surface area contributed by atoms with Gasteiger partial charge >= 0.3 is 5.69 Å². The van der Waals surface area contributed by atoms with E-state index in [2.05, 4.69) is 4.98 Å². The second-order valence-corrected chi connectivity index (χ2v) is 4.03. The fourth-order valence-electron chi connectivity index (χ4n) is 1.57. The van der Waals surface area contributed by atoms with E-state index in [0.29, 0.717) is 5.56 Å². The molecular weight excluding hydrogens is 274 g/mol. The maximum absolute atomic E-state index is 11.6. The van der Waals surface area contributed by atoms with Gasteiger partial charge in [0.05, 0.1) is 4.92 Å². The summed E-state index contributed by atoms with van der Waals surface area (Å²) in [5, 5.41) is 20.0. The van der Waals surface area contributed by atoms with Crippen LogP contribution in [-0.2, 0) is 0 Å². The number of nitro benzene ring substituents is 1. The summed E-state index contributed by atoms with van der Waals surface area (Å²) in [6.45, 7) is 0. The Hall–Kier alpha value is -3.22. The molecule has 1 aromatic heterocycles. The van der Waals surface area contributed by atoms with E-state index in [4.69, 9.17) is 0 Å². The van der Waals surface area contributed by atoms with Crippen molar-refractivity contribution in [2.45, 2.75) is 0 Å². The first-order valence-electron chi connectivity index (χ1n) is 5.92. The van der Waals surface area contributed by atoms with Crippen LogP contribution in [0.2, 0.25) is 0 Å². The van der Waals surface area contributed by atoms with Crippen molar-refractivity contribution < 1.29 is 14.8 Å². The lowest BCUT2D eigenvalue weighted by molar-refractivity contribution is -0.385. The van der Waals surface area contributed by atoms with Crippen molar-refractivity contribution in [3.05, 3.63) is 70.8 Å². The van der Waals surface area contributed by atoms with E-state index in [-0.39, 0.29) is 17.3 Å². The van der Waals surface area contributed by atoms with Crippen molar-refractivity contribution in [1.82, 2.24) is 9.55 Å². The number of phenolic OH excluding ortho intramolecular Hbond substituents is 1. The largest absolute Gasteiger partial charge is 0.502 e. The van der Waals surface area contributed by atoms with Gasteiger partial charge in [0.25, 0.3) is 5.91 Å². The van der Waals surface area contributed by atoms with Gasteiger partial charge in [0, 0.05) is 24.5 Å². The number of hydrogen-bond donors (Lipinski definition) is 1. The fraction of sp³-hybridized carbons (Fsp3) is 0. The van der Waals surface area contributed by atoms with Crippen LogP contribution in [0.5, 0.6) is 5.75 Å². The number of imidazole rings is 1. The van der Waals surface area contributed by atoms with Gasteiger partial charge < -0.3 is 5.11 Å². The van der Waals surface area contributed by atoms with Crippen molar-refractivity contribution in [1.29, 1.82) is 0 Å². The number of nitro groups is 1. The molecule has 106 valence electrons. The summed E-state index contributed by atoms with van der Waals surface area (Å²) in [5.41, 5.74) is 0.176. The quantitative estimate of drug-likeness (QED) is 0.402. The van der Waals surface area contributed by atoms with Gasteiger partial charge in [0.2, 0.25) is 0 Å². The zero-order valence-corrected chi connectivity index (χ0v) is 10.8. The molecule has 21 heavy (non-hydrogen) atoms. The molecular formula is C14H11N3O4. The number of hydrogen-bond acceptors (Lipinski definition) is 5. The van der Waals surface area contributed by atoms with Gasteiger partial charge in [-0.25, -0.2) is 4.98 Å². The minimum absolute atomic E-state index is 0.256. The Bertz CT molecular complexity index is 718. The van der Waals surface area contributed by atoms with Crippen LogP contribution in [0.1, 0.15) is 10.4 Å². The number of rotatable bonds is 4. The van der Waals surface area contributed by atoms with Gasteiger partial charge in [-0.15, -0.1) is 0 Å². The number of carbonyl (C=O) groups is 1. The number of benzene rings is 1. The van der Waals surface area contributed by atoms with E-state index in [0.717, 1.165) is 0 Å². The average molecular weight is 285 g/mol. The molecule has 0 aliphatic heterocycles. The lowest BCUT2D eigenvalue weighted by Crippen LogP contribution is -2.03. The van der Waals surface area contributed by atoms with Crippen LogP contribution >= 0.6 is 0 Å². The van der Waals surface area contributed by atoms with E-state index in [1.807, 2.05) is 0 Å². The first-order valence-corrected chi connectivity index (χ1v) is 5.92. The highest BCUT2D eigenvalue weighted by Crippen LogP contribution is 2.26. The molecule has 0 saturated heterocycles. The Kier molecular flexibility index (Phi) is 4.25. The maximum atomic E-state index is 11.6. The maximum Gasteiger partial charge on any atom is 0.311 e. The number of aromatic nitrogens is 2. The van der Waals surface area contributed by atoms with Crippen molar-refractivity contribution in [2.24, 2.45) is 0 Å². The molecule has 1 aromatic carbocycles. The topological polar surface area (TPSA) is 98.3 Å². The molecule has 0 fully saturated rings. The molecule has 0 atom stereocenters. The minimum atomic E-state index is -0.662. The van der Waals surface area contributed by atoms with E-state index in [1.165, 1.54) is 53.6 Å². The highest BCUT2D eigenvalue weighted by molar-refractivity contribution is 5.90. The lowest BCUT2D eigenvalue weighted by atomic mass is 10.1. The summed E-state index contributed by atoms with van der Waals surface area (Å²) in [6.07, 6.45) is 10.4. The van der Waals surface area contributed by atoms with Crippen LogP contribution in [0.15, 0.2) is 55.1 Å². The van der Waals surface area contributed by atoms with Crippen LogP contribution in [-0.4, -0.2) is 25.5 Å². The first kappa shape index (κ1) is 14.2. The molecule has 0 amide bonds. The molecule has 1 heterocycles. The molecule has 0 saturated carbocycles. The summed E-state index contributed by atoms with van der Waals surface area (Å²) in [6, 6.07) is 4.03. The van der Waals surface area contributed by atoms with Crippen molar-refractivity contribution >= 4 is 17.7 Å². The molecule has 0 aliphatic rings. The Morgan fingerprint density at radius 2 is 2.19 bits per heavy atom. The smallest absolute Gasteiger partial charge is 0.311 e. The van der Waals surface area contributed by atoms with Crippen molar-refractivity contribution in [2.75, 3.05) is 0 Å². The van der Waals surface area contributed by atoms with Gasteiger partial charge in [0.15, 0.2) is 5.75 Å². The van der Waals surface area contributed by atoms with Crippen LogP contribution in [0.4, 0.5) is 5.69 Å². The highest BCUT2D eigenvalue weighted by Gasteiger charge is 2.12. The molecule has 2 rings (SSSR count). The van der Waals surface area contributed by atoms with Crippen LogP contribution < -0.4 is 0 Å². The Labute approximate surface area is 119 Å². The van der Waals surface area contributed by atoms with Gasteiger partial charge in [-0.1, -0.05) is 24.3 Å². The van der Waals surface area contributed by atoms with Crippen LogP contribution in [0.3, 0.4) is 0 Å². The van der Waals surface area contributed by atoms with Crippen molar-refractivity contribution in [3.8, 4) is 5.75 Å². The van der Waals surface area contributed by atoms with E-state index < -0.39 is 4.92 Å². The molecule has 0 spiro atoms. The predicted octanol–water partition coefficient (Wildman–Crippen LogP) is 2.41. The molecule has 0 bridgehead atoms. The SMILES string of the molecule is O=C(/C=C/C=C/c1ccc(O)c([N+](=O)[O-])c1)n1ccnc1. The monoisotopic (exact) mass is 285 g/mol.